The minimum absolute atomic E-state index is 0. The predicted octanol–water partition coefficient (Wildman–Crippen LogP) is 9.67. The van der Waals surface area contributed by atoms with Crippen molar-refractivity contribution in [2.45, 2.75) is 69.2 Å². The van der Waals surface area contributed by atoms with Crippen LogP contribution < -0.4 is 0 Å². The molecule has 3 aromatic carbocycles. The number of aliphatic hydroxyl groups is 1. The molecule has 0 amide bonds. The topological polar surface area (TPSA) is 55.1 Å². The summed E-state index contributed by atoms with van der Waals surface area (Å²) in [7, 11) is 2.15. The molecule has 42 heavy (non-hydrogen) atoms. The summed E-state index contributed by atoms with van der Waals surface area (Å²) in [6, 6.07) is 20.8. The molecule has 4 nitrogen and oxygen atoms in total. The smallest absolute Gasteiger partial charge is 0.164 e. The van der Waals surface area contributed by atoms with Gasteiger partial charge in [0.15, 0.2) is 5.78 Å². The van der Waals surface area contributed by atoms with Crippen LogP contribution in [0.25, 0.3) is 44.0 Å². The zero-order valence-electron chi connectivity index (χ0n) is 26.8. The first-order valence-corrected chi connectivity index (χ1v) is 14.3. The Hall–Kier alpha value is -3.27. The van der Waals surface area contributed by atoms with Crippen molar-refractivity contribution >= 4 is 38.5 Å². The van der Waals surface area contributed by atoms with Crippen LogP contribution in [-0.2, 0) is 31.9 Å². The molecular weight excluding hydrogens is 697 g/mol. The van der Waals surface area contributed by atoms with Gasteiger partial charge in [-0.1, -0.05) is 106 Å². The third kappa shape index (κ3) is 6.23. The normalized spacial score (nSPS) is 12.3. The van der Waals surface area contributed by atoms with E-state index in [1.165, 1.54) is 55.5 Å². The van der Waals surface area contributed by atoms with Gasteiger partial charge in [0.1, 0.15) is 5.76 Å². The largest absolute Gasteiger partial charge is 0.512 e. The first-order valence-electron chi connectivity index (χ1n) is 14.3. The Labute approximate surface area is 264 Å². The fraction of sp³-hybridized carbons (Fsp3) is 0.351. The molecule has 0 saturated carbocycles. The minimum Gasteiger partial charge on any atom is -0.512 e. The molecule has 0 spiro atoms. The van der Waals surface area contributed by atoms with E-state index in [0.29, 0.717) is 0 Å². The number of para-hydroxylation sites is 2. The van der Waals surface area contributed by atoms with Crippen molar-refractivity contribution < 1.29 is 30.0 Å². The minimum atomic E-state index is -0.417. The summed E-state index contributed by atoms with van der Waals surface area (Å²) in [5.41, 5.74) is 9.92. The number of hydrogen-bond acceptors (Lipinski definition) is 3. The van der Waals surface area contributed by atoms with Gasteiger partial charge >= 0.3 is 0 Å². The van der Waals surface area contributed by atoms with Gasteiger partial charge in [-0.15, -0.1) is 33.9 Å². The number of aliphatic hydroxyl groups excluding tert-OH is 1. The molecule has 0 aliphatic carbocycles. The van der Waals surface area contributed by atoms with Crippen LogP contribution in [0.15, 0.2) is 60.4 Å². The predicted molar refractivity (Wildman–Crippen MR) is 174 cm³/mol. The van der Waals surface area contributed by atoms with Crippen molar-refractivity contribution in [1.82, 2.24) is 9.55 Å². The van der Waals surface area contributed by atoms with Gasteiger partial charge in [0.2, 0.25) is 0 Å². The SMILES string of the molecule is CC(C)(C)C(=O)/C=C(\O)C(C)(C)C.Cc1[c-]c(-c2nc3ccccc3c3c4ccccc4n(C)c23)c(C)c(C)c1C.[Ir]. The first kappa shape index (κ1) is 33.2. The number of nitrogens with zero attached hydrogens (tertiary/aromatic N) is 2. The maximum atomic E-state index is 11.5. The fourth-order valence-corrected chi connectivity index (χ4v) is 4.99. The van der Waals surface area contributed by atoms with Crippen LogP contribution in [0.4, 0.5) is 0 Å². The summed E-state index contributed by atoms with van der Waals surface area (Å²) in [6.07, 6.45) is 1.33. The van der Waals surface area contributed by atoms with E-state index in [4.69, 9.17) is 4.98 Å². The number of hydrogen-bond donors (Lipinski definition) is 1. The van der Waals surface area contributed by atoms with E-state index >= 15 is 0 Å². The Bertz CT molecular complexity index is 1830. The number of rotatable bonds is 2. The number of pyridine rings is 1. The average molecular weight is 740 g/mol. The molecule has 0 fully saturated rings. The van der Waals surface area contributed by atoms with Crippen molar-refractivity contribution in [2.75, 3.05) is 0 Å². The molecule has 2 aromatic heterocycles. The van der Waals surface area contributed by atoms with Crippen LogP contribution in [0.3, 0.4) is 0 Å². The number of benzene rings is 3. The second-order valence-electron chi connectivity index (χ2n) is 13.2. The third-order valence-electron chi connectivity index (χ3n) is 8.12. The van der Waals surface area contributed by atoms with Gasteiger partial charge in [-0.2, -0.15) is 0 Å². The van der Waals surface area contributed by atoms with Crippen LogP contribution in [0.2, 0.25) is 0 Å². The zero-order valence-corrected chi connectivity index (χ0v) is 29.2. The molecule has 0 atom stereocenters. The molecule has 1 N–H and O–H groups in total. The van der Waals surface area contributed by atoms with Crippen LogP contribution in [0.5, 0.6) is 0 Å². The van der Waals surface area contributed by atoms with E-state index in [1.807, 2.05) is 41.5 Å². The van der Waals surface area contributed by atoms with Crippen molar-refractivity contribution in [3.63, 3.8) is 0 Å². The van der Waals surface area contributed by atoms with Crippen molar-refractivity contribution in [2.24, 2.45) is 17.9 Å². The van der Waals surface area contributed by atoms with E-state index in [9.17, 15) is 9.90 Å². The van der Waals surface area contributed by atoms with Crippen LogP contribution in [-0.4, -0.2) is 20.4 Å². The molecule has 2 heterocycles. The van der Waals surface area contributed by atoms with Gasteiger partial charge in [-0.3, -0.25) is 9.78 Å². The monoisotopic (exact) mass is 740 g/mol. The summed E-state index contributed by atoms with van der Waals surface area (Å²) >= 11 is 0. The van der Waals surface area contributed by atoms with E-state index in [1.54, 1.807) is 0 Å². The van der Waals surface area contributed by atoms with Crippen LogP contribution >= 0.6 is 0 Å². The maximum absolute atomic E-state index is 11.5. The number of aromatic nitrogens is 2. The summed E-state index contributed by atoms with van der Waals surface area (Å²) in [4.78, 5) is 16.6. The first-order chi connectivity index (χ1) is 19.0. The average Bonchev–Trinajstić information content (AvgIpc) is 3.21. The van der Waals surface area contributed by atoms with Gasteiger partial charge in [0.25, 0.3) is 0 Å². The molecule has 1 radical (unpaired) electrons. The number of aryl methyl sites for hydroxylation is 2. The summed E-state index contributed by atoms with van der Waals surface area (Å²) in [6.45, 7) is 19.8. The molecule has 5 rings (SSSR count). The number of ketones is 1. The van der Waals surface area contributed by atoms with E-state index in [2.05, 4.69) is 93.9 Å². The van der Waals surface area contributed by atoms with Gasteiger partial charge in [-0.25, -0.2) is 0 Å². The van der Waals surface area contributed by atoms with Crippen LogP contribution in [0, 0.1) is 44.6 Å². The second kappa shape index (κ2) is 12.1. The van der Waals surface area contributed by atoms with E-state index in [-0.39, 0.29) is 37.1 Å². The summed E-state index contributed by atoms with van der Waals surface area (Å²) in [5, 5.41) is 13.3. The number of carbonyl (C=O) groups excluding carboxylic acids is 1. The maximum Gasteiger partial charge on any atom is 0.164 e. The van der Waals surface area contributed by atoms with Crippen LogP contribution in [0.1, 0.15) is 63.8 Å². The van der Waals surface area contributed by atoms with Crippen molar-refractivity contribution in [1.29, 1.82) is 0 Å². The molecule has 0 aliphatic heterocycles. The summed E-state index contributed by atoms with van der Waals surface area (Å²) in [5.74, 6) is 0.104. The van der Waals surface area contributed by atoms with Gasteiger partial charge in [-0.05, 0) is 12.1 Å². The molecule has 0 aliphatic rings. The number of allylic oxidation sites excluding steroid dienone is 2. The van der Waals surface area contributed by atoms with Crippen molar-refractivity contribution in [3.8, 4) is 11.3 Å². The molecular formula is C37H43IrN2O2-. The Morgan fingerprint density at radius 1 is 0.833 bits per heavy atom. The Morgan fingerprint density at radius 2 is 1.40 bits per heavy atom. The number of carbonyl (C=O) groups is 1. The molecule has 0 saturated heterocycles. The Kier molecular flexibility index (Phi) is 9.61. The molecule has 5 aromatic rings. The molecule has 0 unspecified atom stereocenters. The van der Waals surface area contributed by atoms with Gasteiger partial charge in [0, 0.05) is 76.9 Å². The molecule has 0 bridgehead atoms. The molecule has 5 heteroatoms. The van der Waals surface area contributed by atoms with E-state index < -0.39 is 5.41 Å². The number of fused-ring (bicyclic) bond motifs is 5. The molecule has 223 valence electrons. The summed E-state index contributed by atoms with van der Waals surface area (Å²) < 4.78 is 2.29. The van der Waals surface area contributed by atoms with Gasteiger partial charge < -0.3 is 9.67 Å². The Morgan fingerprint density at radius 3 is 2.00 bits per heavy atom. The second-order valence-corrected chi connectivity index (χ2v) is 13.2. The Balaban J connectivity index is 0.000000297. The van der Waals surface area contributed by atoms with Crippen molar-refractivity contribution in [3.05, 3.63) is 88.7 Å². The quantitative estimate of drug-likeness (QED) is 0.112. The third-order valence-corrected chi connectivity index (χ3v) is 8.12. The van der Waals surface area contributed by atoms with E-state index in [0.717, 1.165) is 16.8 Å². The standard InChI is InChI=1S/C26H23N2.C11H20O2.Ir/c1-15-14-21(18(4)17(3)16(15)2)25-26-24(19-10-6-8-12-22(19)27-25)20-11-7-9-13-23(20)28(26)5;1-10(2,3)8(12)7-9(13)11(4,5)6;/h6-13H,1-5H3;7,12H,1-6H3;/q-1;;/b;8-7-;. The fourth-order valence-electron chi connectivity index (χ4n) is 4.99. The van der Waals surface area contributed by atoms with Gasteiger partial charge in [0.05, 0.1) is 5.52 Å². The zero-order chi connectivity index (χ0) is 30.4.